The molecule has 0 unspecified atom stereocenters. The highest BCUT2D eigenvalue weighted by Gasteiger charge is 2.51. The first-order valence-electron chi connectivity index (χ1n) is 9.54. The number of amides is 1. The minimum atomic E-state index is 0.0757. The molecule has 0 radical (unpaired) electrons. The van der Waals surface area contributed by atoms with Crippen LogP contribution in [0, 0.1) is 11.3 Å². The standard InChI is InChI=1S/C18H23N9O/c1-18-7-12(26(2)17-13-3-4-19-16(13)20-10-21-17)5-11(18)8-27(9-18)15(28)6-14-22-24-25-23-14/h3-4,10-12H,5-9H2,1-2H3,(H,19,20,21)(H,22,23,24,25)/t11-,12+,18+/m0/s1. The van der Waals surface area contributed by atoms with E-state index in [1.165, 1.54) is 0 Å². The van der Waals surface area contributed by atoms with Gasteiger partial charge < -0.3 is 14.8 Å². The van der Waals surface area contributed by atoms with Gasteiger partial charge in [0.15, 0.2) is 5.82 Å². The molecule has 28 heavy (non-hydrogen) atoms. The summed E-state index contributed by atoms with van der Waals surface area (Å²) in [7, 11) is 2.11. The molecule has 0 aromatic carbocycles. The third-order valence-corrected chi connectivity index (χ3v) is 6.50. The Morgan fingerprint density at radius 3 is 3.11 bits per heavy atom. The number of nitrogens with zero attached hydrogens (tertiary/aromatic N) is 7. The van der Waals surface area contributed by atoms with Crippen LogP contribution >= 0.6 is 0 Å². The van der Waals surface area contributed by atoms with Crippen LogP contribution in [0.5, 0.6) is 0 Å². The zero-order valence-corrected chi connectivity index (χ0v) is 16.0. The van der Waals surface area contributed by atoms with Gasteiger partial charge >= 0.3 is 0 Å². The van der Waals surface area contributed by atoms with Crippen LogP contribution < -0.4 is 4.90 Å². The molecule has 3 aromatic rings. The van der Waals surface area contributed by atoms with Gasteiger partial charge in [-0.1, -0.05) is 12.1 Å². The summed E-state index contributed by atoms with van der Waals surface area (Å²) >= 11 is 0. The summed E-state index contributed by atoms with van der Waals surface area (Å²) in [5.41, 5.74) is 0.982. The van der Waals surface area contributed by atoms with Gasteiger partial charge in [-0.05, 0) is 30.2 Å². The van der Waals surface area contributed by atoms with Crippen LogP contribution in [0.25, 0.3) is 11.0 Å². The predicted molar refractivity (Wildman–Crippen MR) is 101 cm³/mol. The molecule has 146 valence electrons. The van der Waals surface area contributed by atoms with Gasteiger partial charge in [-0.25, -0.2) is 9.97 Å². The number of aromatic amines is 2. The lowest BCUT2D eigenvalue weighted by Gasteiger charge is -2.29. The molecule has 1 saturated heterocycles. The maximum absolute atomic E-state index is 12.6. The van der Waals surface area contributed by atoms with Gasteiger partial charge in [0, 0.05) is 32.4 Å². The maximum Gasteiger partial charge on any atom is 0.230 e. The van der Waals surface area contributed by atoms with Crippen LogP contribution in [0.15, 0.2) is 18.6 Å². The monoisotopic (exact) mass is 381 g/mol. The number of anilines is 1. The normalized spacial score (nSPS) is 26.7. The highest BCUT2D eigenvalue weighted by molar-refractivity contribution is 5.87. The summed E-state index contributed by atoms with van der Waals surface area (Å²) < 4.78 is 0. The number of hydrogen-bond acceptors (Lipinski definition) is 7. The lowest BCUT2D eigenvalue weighted by atomic mass is 9.83. The molecule has 5 rings (SSSR count). The summed E-state index contributed by atoms with van der Waals surface area (Å²) in [6.07, 6.45) is 5.80. The van der Waals surface area contributed by atoms with Crippen molar-refractivity contribution in [2.24, 2.45) is 11.3 Å². The van der Waals surface area contributed by atoms with Gasteiger partial charge in [0.2, 0.25) is 5.91 Å². The van der Waals surface area contributed by atoms with Crippen molar-refractivity contribution in [3.8, 4) is 0 Å². The molecule has 1 aliphatic carbocycles. The van der Waals surface area contributed by atoms with Crippen molar-refractivity contribution >= 4 is 22.8 Å². The minimum Gasteiger partial charge on any atom is -0.356 e. The Morgan fingerprint density at radius 2 is 2.32 bits per heavy atom. The van der Waals surface area contributed by atoms with Crippen molar-refractivity contribution in [3.05, 3.63) is 24.4 Å². The molecule has 2 N–H and O–H groups in total. The molecule has 4 heterocycles. The summed E-state index contributed by atoms with van der Waals surface area (Å²) in [4.78, 5) is 28.8. The van der Waals surface area contributed by atoms with E-state index in [-0.39, 0.29) is 17.7 Å². The van der Waals surface area contributed by atoms with Crippen LogP contribution in [0.1, 0.15) is 25.6 Å². The summed E-state index contributed by atoms with van der Waals surface area (Å²) in [6.45, 7) is 3.88. The first-order chi connectivity index (χ1) is 13.5. The van der Waals surface area contributed by atoms with Crippen LogP contribution in [-0.4, -0.2) is 72.6 Å². The molecule has 0 spiro atoms. The van der Waals surface area contributed by atoms with Gasteiger partial charge in [0.05, 0.1) is 11.8 Å². The third kappa shape index (κ3) is 2.71. The molecule has 10 nitrogen and oxygen atoms in total. The fourth-order valence-electron chi connectivity index (χ4n) is 4.96. The van der Waals surface area contributed by atoms with Crippen LogP contribution in [0.3, 0.4) is 0 Å². The van der Waals surface area contributed by atoms with E-state index >= 15 is 0 Å². The molecule has 1 aliphatic heterocycles. The van der Waals surface area contributed by atoms with E-state index < -0.39 is 0 Å². The third-order valence-electron chi connectivity index (χ3n) is 6.50. The lowest BCUT2D eigenvalue weighted by Crippen LogP contribution is -2.36. The van der Waals surface area contributed by atoms with E-state index in [0.29, 0.717) is 17.8 Å². The second-order valence-corrected chi connectivity index (χ2v) is 8.27. The fourth-order valence-corrected chi connectivity index (χ4v) is 4.96. The molecule has 1 amide bonds. The first kappa shape index (κ1) is 17.1. The minimum absolute atomic E-state index is 0.0757. The highest BCUT2D eigenvalue weighted by Crippen LogP contribution is 2.50. The Hall–Kier alpha value is -3.04. The second kappa shape index (κ2) is 6.25. The van der Waals surface area contributed by atoms with Gasteiger partial charge in [0.1, 0.15) is 17.8 Å². The number of tetrazole rings is 1. The van der Waals surface area contributed by atoms with Crippen LogP contribution in [0.4, 0.5) is 5.82 Å². The Kier molecular flexibility index (Phi) is 3.81. The van der Waals surface area contributed by atoms with E-state index in [9.17, 15) is 4.79 Å². The lowest BCUT2D eigenvalue weighted by molar-refractivity contribution is -0.130. The Morgan fingerprint density at radius 1 is 1.43 bits per heavy atom. The summed E-state index contributed by atoms with van der Waals surface area (Å²) in [5, 5.41) is 14.7. The largest absolute Gasteiger partial charge is 0.356 e. The topological polar surface area (TPSA) is 120 Å². The van der Waals surface area contributed by atoms with E-state index in [0.717, 1.165) is 42.8 Å². The van der Waals surface area contributed by atoms with Gasteiger partial charge in [0.25, 0.3) is 0 Å². The average molecular weight is 381 g/mol. The van der Waals surface area contributed by atoms with Crippen molar-refractivity contribution < 1.29 is 4.79 Å². The van der Waals surface area contributed by atoms with Crippen molar-refractivity contribution in [1.82, 2.24) is 40.5 Å². The van der Waals surface area contributed by atoms with Crippen molar-refractivity contribution in [2.75, 3.05) is 25.0 Å². The fraction of sp³-hybridized carbons (Fsp3) is 0.556. The van der Waals surface area contributed by atoms with E-state index in [1.807, 2.05) is 17.2 Å². The van der Waals surface area contributed by atoms with Crippen LogP contribution in [-0.2, 0) is 11.2 Å². The molecular weight excluding hydrogens is 358 g/mol. The number of rotatable bonds is 4. The average Bonchev–Trinajstić information content (AvgIpc) is 3.43. The highest BCUT2D eigenvalue weighted by atomic mass is 16.2. The zero-order valence-electron chi connectivity index (χ0n) is 16.0. The number of likely N-dealkylation sites (tertiary alicyclic amines) is 1. The van der Waals surface area contributed by atoms with E-state index in [2.05, 4.69) is 54.4 Å². The second-order valence-electron chi connectivity index (χ2n) is 8.27. The molecule has 1 saturated carbocycles. The quantitative estimate of drug-likeness (QED) is 0.685. The van der Waals surface area contributed by atoms with Gasteiger partial charge in [-0.2, -0.15) is 5.21 Å². The molecule has 3 atom stereocenters. The number of hydrogen-bond donors (Lipinski definition) is 2. The van der Waals surface area contributed by atoms with Gasteiger partial charge in [-0.15, -0.1) is 10.2 Å². The Labute approximate surface area is 161 Å². The number of fused-ring (bicyclic) bond motifs is 2. The number of carbonyl (C=O) groups is 1. The maximum atomic E-state index is 12.6. The van der Waals surface area contributed by atoms with E-state index in [1.54, 1.807) is 6.33 Å². The number of H-pyrrole nitrogens is 2. The number of carbonyl (C=O) groups excluding carboxylic acids is 1. The summed E-state index contributed by atoms with van der Waals surface area (Å²) in [6, 6.07) is 2.43. The van der Waals surface area contributed by atoms with Crippen molar-refractivity contribution in [3.63, 3.8) is 0 Å². The first-order valence-corrected chi connectivity index (χ1v) is 9.54. The molecule has 10 heteroatoms. The van der Waals surface area contributed by atoms with Crippen molar-refractivity contribution in [1.29, 1.82) is 0 Å². The molecule has 3 aromatic heterocycles. The van der Waals surface area contributed by atoms with E-state index in [4.69, 9.17) is 0 Å². The number of nitrogens with one attached hydrogen (secondary N) is 2. The Balaban J connectivity index is 1.29. The van der Waals surface area contributed by atoms with Crippen molar-refractivity contribution in [2.45, 2.75) is 32.2 Å². The van der Waals surface area contributed by atoms with Crippen LogP contribution in [0.2, 0.25) is 0 Å². The molecule has 0 bridgehead atoms. The van der Waals surface area contributed by atoms with Gasteiger partial charge in [-0.3, -0.25) is 4.79 Å². The molecule has 2 aliphatic rings. The number of aromatic nitrogens is 7. The Bertz CT molecular complexity index is 1000. The molecular formula is C18H23N9O. The summed E-state index contributed by atoms with van der Waals surface area (Å²) in [5.74, 6) is 1.97. The predicted octanol–water partition coefficient (Wildman–Crippen LogP) is 0.777. The zero-order chi connectivity index (χ0) is 19.3. The SMILES string of the molecule is CN(c1ncnc2[nH]ccc12)[C@@H]1C[C@H]2CN(C(=O)Cc3nn[nH]n3)C[C@@]2(C)C1. The molecule has 2 fully saturated rings. The smallest absolute Gasteiger partial charge is 0.230 e.